The van der Waals surface area contributed by atoms with E-state index in [0.717, 1.165) is 46.7 Å². The number of H-pyrrole nitrogens is 1. The Morgan fingerprint density at radius 2 is 2.05 bits per heavy atom. The van der Waals surface area contributed by atoms with E-state index in [1.807, 2.05) is 19.1 Å². The molecule has 1 saturated carbocycles. The number of benzene rings is 1. The summed E-state index contributed by atoms with van der Waals surface area (Å²) in [5, 5.41) is 0.750. The fraction of sp³-hybridized carbons (Fsp3) is 0.533. The molecule has 3 rings (SSSR count). The molecule has 4 heteroatoms. The summed E-state index contributed by atoms with van der Waals surface area (Å²) in [6, 6.07) is 3.89. The number of fused-ring (bicyclic) bond motifs is 1. The second-order valence-electron chi connectivity index (χ2n) is 5.90. The Morgan fingerprint density at radius 1 is 1.32 bits per heavy atom. The molecule has 0 saturated heterocycles. The second kappa shape index (κ2) is 4.80. The monoisotopic (exact) mass is 277 g/mol. The van der Waals surface area contributed by atoms with Gasteiger partial charge in [0.1, 0.15) is 5.82 Å². The number of aromatic nitrogens is 2. The third-order valence-corrected chi connectivity index (χ3v) is 4.38. The number of nitrogens with two attached hydrogens (primary N) is 1. The molecule has 0 amide bonds. The molecule has 1 aromatic carbocycles. The normalized spacial score (nSPS) is 18.9. The summed E-state index contributed by atoms with van der Waals surface area (Å²) >= 11 is 6.08. The summed E-state index contributed by atoms with van der Waals surface area (Å²) in [5.74, 6) is 0.991. The van der Waals surface area contributed by atoms with Gasteiger partial charge >= 0.3 is 0 Å². The van der Waals surface area contributed by atoms with Crippen molar-refractivity contribution < 1.29 is 0 Å². The van der Waals surface area contributed by atoms with Crippen LogP contribution in [-0.4, -0.2) is 15.5 Å². The number of nitrogens with one attached hydrogen (secondary N) is 1. The molecule has 3 N–H and O–H groups in total. The van der Waals surface area contributed by atoms with E-state index in [1.54, 1.807) is 0 Å². The summed E-state index contributed by atoms with van der Waals surface area (Å²) in [5.41, 5.74) is 9.55. The van der Waals surface area contributed by atoms with Crippen molar-refractivity contribution >= 4 is 22.6 Å². The van der Waals surface area contributed by atoms with Crippen molar-refractivity contribution in [3.05, 3.63) is 28.5 Å². The van der Waals surface area contributed by atoms with Crippen LogP contribution in [0.5, 0.6) is 0 Å². The van der Waals surface area contributed by atoms with Crippen molar-refractivity contribution in [3.8, 4) is 0 Å². The van der Waals surface area contributed by atoms with Crippen molar-refractivity contribution in [2.24, 2.45) is 5.73 Å². The fourth-order valence-electron chi connectivity index (χ4n) is 3.15. The molecule has 0 radical (unpaired) electrons. The Morgan fingerprint density at radius 3 is 2.79 bits per heavy atom. The van der Waals surface area contributed by atoms with Crippen LogP contribution in [0.25, 0.3) is 11.0 Å². The number of aromatic amines is 1. The number of imidazole rings is 1. The van der Waals surface area contributed by atoms with Crippen molar-refractivity contribution in [1.29, 1.82) is 0 Å². The van der Waals surface area contributed by atoms with Crippen LogP contribution in [0.1, 0.15) is 43.5 Å². The average Bonchev–Trinajstić information content (AvgIpc) is 2.71. The lowest BCUT2D eigenvalue weighted by Crippen LogP contribution is -2.44. The molecule has 1 fully saturated rings. The van der Waals surface area contributed by atoms with Crippen LogP contribution in [0.4, 0.5) is 0 Å². The molecule has 1 heterocycles. The van der Waals surface area contributed by atoms with Gasteiger partial charge < -0.3 is 10.7 Å². The summed E-state index contributed by atoms with van der Waals surface area (Å²) in [6.07, 6.45) is 6.82. The zero-order chi connectivity index (χ0) is 13.5. The number of hydrogen-bond donors (Lipinski definition) is 2. The van der Waals surface area contributed by atoms with Crippen LogP contribution in [0.3, 0.4) is 0 Å². The van der Waals surface area contributed by atoms with Crippen molar-refractivity contribution in [2.75, 3.05) is 0 Å². The molecule has 3 nitrogen and oxygen atoms in total. The van der Waals surface area contributed by atoms with Crippen LogP contribution in [0.2, 0.25) is 5.02 Å². The molecular formula is C15H20ClN3. The van der Waals surface area contributed by atoms with Crippen LogP contribution < -0.4 is 5.73 Å². The first-order valence-electron chi connectivity index (χ1n) is 6.99. The number of nitrogens with zero attached hydrogens (tertiary/aromatic N) is 1. The highest BCUT2D eigenvalue weighted by Gasteiger charge is 2.28. The van der Waals surface area contributed by atoms with Crippen LogP contribution in [0, 0.1) is 6.92 Å². The number of rotatable bonds is 2. The Balaban J connectivity index is 1.91. The van der Waals surface area contributed by atoms with Crippen LogP contribution in [0.15, 0.2) is 12.1 Å². The zero-order valence-electron chi connectivity index (χ0n) is 11.3. The quantitative estimate of drug-likeness (QED) is 0.879. The van der Waals surface area contributed by atoms with Crippen LogP contribution in [-0.2, 0) is 6.42 Å². The number of aryl methyl sites for hydroxylation is 1. The van der Waals surface area contributed by atoms with E-state index in [0.29, 0.717) is 0 Å². The third kappa shape index (κ3) is 2.63. The van der Waals surface area contributed by atoms with Gasteiger partial charge in [0.25, 0.3) is 0 Å². The van der Waals surface area contributed by atoms with E-state index in [1.165, 1.54) is 19.3 Å². The van der Waals surface area contributed by atoms with Crippen molar-refractivity contribution in [2.45, 2.75) is 51.0 Å². The molecule has 1 aromatic heterocycles. The molecule has 0 atom stereocenters. The predicted molar refractivity (Wildman–Crippen MR) is 79.5 cm³/mol. The third-order valence-electron chi connectivity index (χ3n) is 4.16. The molecule has 102 valence electrons. The summed E-state index contributed by atoms with van der Waals surface area (Å²) < 4.78 is 0. The summed E-state index contributed by atoms with van der Waals surface area (Å²) in [7, 11) is 0. The number of halogens is 1. The molecule has 19 heavy (non-hydrogen) atoms. The lowest BCUT2D eigenvalue weighted by Gasteiger charge is -2.32. The maximum Gasteiger partial charge on any atom is 0.109 e. The summed E-state index contributed by atoms with van der Waals surface area (Å²) in [6.45, 7) is 2.04. The van der Waals surface area contributed by atoms with Gasteiger partial charge in [0.15, 0.2) is 0 Å². The largest absolute Gasteiger partial charge is 0.342 e. The van der Waals surface area contributed by atoms with Gasteiger partial charge in [-0.1, -0.05) is 30.9 Å². The first kappa shape index (κ1) is 12.9. The van der Waals surface area contributed by atoms with Gasteiger partial charge in [-0.3, -0.25) is 0 Å². The Kier molecular flexibility index (Phi) is 3.27. The zero-order valence-corrected chi connectivity index (χ0v) is 12.1. The molecule has 0 spiro atoms. The van der Waals surface area contributed by atoms with Crippen LogP contribution >= 0.6 is 11.6 Å². The van der Waals surface area contributed by atoms with Gasteiger partial charge in [0.2, 0.25) is 0 Å². The second-order valence-corrected chi connectivity index (χ2v) is 6.34. The highest BCUT2D eigenvalue weighted by molar-refractivity contribution is 6.31. The molecular weight excluding hydrogens is 258 g/mol. The topological polar surface area (TPSA) is 54.7 Å². The molecule has 2 aromatic rings. The van der Waals surface area contributed by atoms with Crippen molar-refractivity contribution in [3.63, 3.8) is 0 Å². The van der Waals surface area contributed by atoms with Crippen molar-refractivity contribution in [1.82, 2.24) is 9.97 Å². The van der Waals surface area contributed by atoms with E-state index in [-0.39, 0.29) is 5.54 Å². The average molecular weight is 278 g/mol. The van der Waals surface area contributed by atoms with E-state index in [9.17, 15) is 0 Å². The highest BCUT2D eigenvalue weighted by atomic mass is 35.5. The minimum Gasteiger partial charge on any atom is -0.342 e. The summed E-state index contributed by atoms with van der Waals surface area (Å²) in [4.78, 5) is 8.07. The van der Waals surface area contributed by atoms with Gasteiger partial charge in [-0.05, 0) is 37.5 Å². The fourth-order valence-corrected chi connectivity index (χ4v) is 3.42. The van der Waals surface area contributed by atoms with Gasteiger partial charge in [0.05, 0.1) is 11.0 Å². The molecule has 0 unspecified atom stereocenters. The van der Waals surface area contributed by atoms with E-state index >= 15 is 0 Å². The van der Waals surface area contributed by atoms with E-state index in [4.69, 9.17) is 22.3 Å². The van der Waals surface area contributed by atoms with E-state index < -0.39 is 0 Å². The lowest BCUT2D eigenvalue weighted by atomic mass is 9.80. The lowest BCUT2D eigenvalue weighted by molar-refractivity contribution is 0.290. The maximum atomic E-state index is 6.49. The Hall–Kier alpha value is -1.06. The molecule has 1 aliphatic carbocycles. The molecule has 1 aliphatic rings. The standard InChI is InChI=1S/C15H20ClN3/c1-10-7-11(16)8-12-14(10)19-13(18-12)9-15(17)5-3-2-4-6-15/h7-8H,2-6,9,17H2,1H3,(H,18,19). The SMILES string of the molecule is Cc1cc(Cl)cc2[nH]c(CC3(N)CCCCC3)nc12. The van der Waals surface area contributed by atoms with Gasteiger partial charge in [-0.15, -0.1) is 0 Å². The smallest absolute Gasteiger partial charge is 0.109 e. The minimum absolute atomic E-state index is 0.0795. The minimum atomic E-state index is -0.0795. The highest BCUT2D eigenvalue weighted by Crippen LogP contribution is 2.29. The van der Waals surface area contributed by atoms with Gasteiger partial charge in [-0.2, -0.15) is 0 Å². The molecule has 0 aliphatic heterocycles. The predicted octanol–water partition coefficient (Wildman–Crippen LogP) is 3.73. The maximum absolute atomic E-state index is 6.49. The Labute approximate surface area is 118 Å². The van der Waals surface area contributed by atoms with Gasteiger partial charge in [-0.25, -0.2) is 4.98 Å². The number of hydrogen-bond acceptors (Lipinski definition) is 2. The van der Waals surface area contributed by atoms with Gasteiger partial charge in [0, 0.05) is 17.0 Å². The Bertz CT molecular complexity index is 597. The first-order chi connectivity index (χ1) is 9.06. The molecule has 0 bridgehead atoms. The first-order valence-corrected chi connectivity index (χ1v) is 7.37. The van der Waals surface area contributed by atoms with E-state index in [2.05, 4.69) is 4.98 Å².